The predicted octanol–water partition coefficient (Wildman–Crippen LogP) is 3.48. The normalized spacial score (nSPS) is 10.2. The minimum atomic E-state index is -0.609. The molecule has 0 saturated heterocycles. The first-order valence-electron chi connectivity index (χ1n) is 6.89. The molecule has 0 unspecified atom stereocenters. The lowest BCUT2D eigenvalue weighted by Gasteiger charge is -2.09. The summed E-state index contributed by atoms with van der Waals surface area (Å²) in [4.78, 5) is 32.3. The number of nitrogens with one attached hydrogen (secondary N) is 1. The number of carbonyl (C=O) groups is 1. The van der Waals surface area contributed by atoms with Crippen molar-refractivity contribution >= 4 is 34.6 Å². The van der Waals surface area contributed by atoms with Crippen LogP contribution in [0.5, 0.6) is 5.75 Å². The summed E-state index contributed by atoms with van der Waals surface area (Å²) in [7, 11) is 0. The molecule has 10 heteroatoms. The van der Waals surface area contributed by atoms with E-state index >= 15 is 0 Å². The highest BCUT2D eigenvalue weighted by atomic mass is 35.5. The van der Waals surface area contributed by atoms with Gasteiger partial charge in [-0.1, -0.05) is 11.6 Å². The molecule has 0 aliphatic heterocycles. The Bertz CT molecular complexity index is 855. The minimum absolute atomic E-state index is 0.0554. The number of amides is 1. The zero-order chi connectivity index (χ0) is 18.6. The summed E-state index contributed by atoms with van der Waals surface area (Å²) in [6, 6.07) is 7.74. The number of non-ortho nitro benzene ring substituents is 1. The summed E-state index contributed by atoms with van der Waals surface area (Å²) in [6.45, 7) is 1.16. The second-order valence-electron chi connectivity index (χ2n) is 4.96. The second-order valence-corrected chi connectivity index (χ2v) is 5.37. The third-order valence-electron chi connectivity index (χ3n) is 3.17. The van der Waals surface area contributed by atoms with Gasteiger partial charge in [0.2, 0.25) is 0 Å². The van der Waals surface area contributed by atoms with Crippen molar-refractivity contribution < 1.29 is 19.4 Å². The quantitative estimate of drug-likeness (QED) is 0.617. The number of anilines is 1. The second kappa shape index (κ2) is 7.58. The Balaban J connectivity index is 2.02. The van der Waals surface area contributed by atoms with Crippen molar-refractivity contribution in [1.82, 2.24) is 0 Å². The van der Waals surface area contributed by atoms with Crippen molar-refractivity contribution in [2.24, 2.45) is 0 Å². The van der Waals surface area contributed by atoms with E-state index in [1.54, 1.807) is 6.92 Å². The molecule has 0 aromatic heterocycles. The molecule has 9 nitrogen and oxygen atoms in total. The van der Waals surface area contributed by atoms with Crippen LogP contribution in [0.4, 0.5) is 17.1 Å². The molecule has 2 rings (SSSR count). The van der Waals surface area contributed by atoms with E-state index in [1.165, 1.54) is 30.3 Å². The summed E-state index contributed by atoms with van der Waals surface area (Å²) in [5.74, 6) is -0.304. The predicted molar refractivity (Wildman–Crippen MR) is 90.1 cm³/mol. The van der Waals surface area contributed by atoms with Gasteiger partial charge in [0.15, 0.2) is 6.61 Å². The van der Waals surface area contributed by atoms with Crippen LogP contribution < -0.4 is 10.1 Å². The van der Waals surface area contributed by atoms with Crippen LogP contribution in [0.3, 0.4) is 0 Å². The van der Waals surface area contributed by atoms with Gasteiger partial charge >= 0.3 is 0 Å². The van der Waals surface area contributed by atoms with E-state index in [1.807, 2.05) is 0 Å². The third-order valence-corrected chi connectivity index (χ3v) is 3.50. The molecule has 0 spiro atoms. The highest BCUT2D eigenvalue weighted by Crippen LogP contribution is 2.27. The molecule has 1 N–H and O–H groups in total. The molecule has 0 saturated carbocycles. The molecule has 0 bridgehead atoms. The van der Waals surface area contributed by atoms with Crippen LogP contribution in [0.25, 0.3) is 0 Å². The highest BCUT2D eigenvalue weighted by molar-refractivity contribution is 6.33. The molecule has 2 aromatic carbocycles. The van der Waals surface area contributed by atoms with Gasteiger partial charge in [0.05, 0.1) is 20.6 Å². The van der Waals surface area contributed by atoms with Gasteiger partial charge in [-0.3, -0.25) is 25.0 Å². The van der Waals surface area contributed by atoms with Crippen molar-refractivity contribution in [3.8, 4) is 5.75 Å². The standard InChI is InChI=1S/C15H12ClN3O6/c1-9-6-11(3-5-14(9)19(23)24)25-8-15(20)17-13-7-10(18(21)22)2-4-12(13)16/h2-7H,8H2,1H3,(H,17,20). The first-order chi connectivity index (χ1) is 11.8. The fraction of sp³-hybridized carbons (Fsp3) is 0.133. The maximum atomic E-state index is 11.9. The van der Waals surface area contributed by atoms with E-state index < -0.39 is 22.4 Å². The number of carbonyl (C=O) groups excluding carboxylic acids is 1. The van der Waals surface area contributed by atoms with Crippen molar-refractivity contribution in [3.63, 3.8) is 0 Å². The Hall–Kier alpha value is -3.20. The van der Waals surface area contributed by atoms with E-state index in [2.05, 4.69) is 5.32 Å². The maximum absolute atomic E-state index is 11.9. The molecule has 0 aliphatic rings. The molecular formula is C15H12ClN3O6. The van der Waals surface area contributed by atoms with Crippen molar-refractivity contribution in [2.75, 3.05) is 11.9 Å². The van der Waals surface area contributed by atoms with Gasteiger partial charge in [-0.2, -0.15) is 0 Å². The first-order valence-corrected chi connectivity index (χ1v) is 7.27. The molecule has 0 aliphatic carbocycles. The molecule has 130 valence electrons. The topological polar surface area (TPSA) is 125 Å². The Labute approximate surface area is 146 Å². The lowest BCUT2D eigenvalue weighted by molar-refractivity contribution is -0.385. The number of nitro groups is 2. The van der Waals surface area contributed by atoms with Crippen molar-refractivity contribution in [2.45, 2.75) is 6.92 Å². The fourth-order valence-electron chi connectivity index (χ4n) is 1.98. The van der Waals surface area contributed by atoms with Crippen LogP contribution in [-0.4, -0.2) is 22.4 Å². The number of halogens is 1. The molecular weight excluding hydrogens is 354 g/mol. The average Bonchev–Trinajstić information content (AvgIpc) is 2.54. The number of hydrogen-bond donors (Lipinski definition) is 1. The number of hydrogen-bond acceptors (Lipinski definition) is 6. The molecule has 1 amide bonds. The summed E-state index contributed by atoms with van der Waals surface area (Å²) in [5.41, 5.74) is 0.209. The zero-order valence-electron chi connectivity index (χ0n) is 12.9. The van der Waals surface area contributed by atoms with Gasteiger partial charge in [-0.25, -0.2) is 0 Å². The lowest BCUT2D eigenvalue weighted by atomic mass is 10.2. The summed E-state index contributed by atoms with van der Waals surface area (Å²) in [5, 5.41) is 24.1. The van der Waals surface area contributed by atoms with Crippen molar-refractivity contribution in [3.05, 3.63) is 67.2 Å². The van der Waals surface area contributed by atoms with Crippen LogP contribution in [-0.2, 0) is 4.79 Å². The van der Waals surface area contributed by atoms with E-state index in [9.17, 15) is 25.0 Å². The largest absolute Gasteiger partial charge is 0.484 e. The molecule has 0 atom stereocenters. The Morgan fingerprint density at radius 2 is 1.88 bits per heavy atom. The van der Waals surface area contributed by atoms with Gasteiger partial charge in [0.25, 0.3) is 17.3 Å². The summed E-state index contributed by atoms with van der Waals surface area (Å²) in [6.07, 6.45) is 0. The van der Waals surface area contributed by atoms with E-state index in [4.69, 9.17) is 16.3 Å². The summed E-state index contributed by atoms with van der Waals surface area (Å²) >= 11 is 5.89. The Kier molecular flexibility index (Phi) is 5.50. The van der Waals surface area contributed by atoms with Gasteiger partial charge in [-0.15, -0.1) is 0 Å². The molecule has 25 heavy (non-hydrogen) atoms. The molecule has 0 heterocycles. The van der Waals surface area contributed by atoms with Crippen LogP contribution in [0.2, 0.25) is 5.02 Å². The number of nitro benzene ring substituents is 2. The van der Waals surface area contributed by atoms with Crippen LogP contribution in [0, 0.1) is 27.2 Å². The van der Waals surface area contributed by atoms with E-state index in [-0.39, 0.29) is 27.8 Å². The fourth-order valence-corrected chi connectivity index (χ4v) is 2.15. The number of ether oxygens (including phenoxy) is 1. The third kappa shape index (κ3) is 4.64. The number of aryl methyl sites for hydroxylation is 1. The monoisotopic (exact) mass is 365 g/mol. The first kappa shape index (κ1) is 18.1. The Morgan fingerprint density at radius 3 is 2.48 bits per heavy atom. The number of nitrogens with zero attached hydrogens (tertiary/aromatic N) is 2. The zero-order valence-corrected chi connectivity index (χ0v) is 13.6. The van der Waals surface area contributed by atoms with Gasteiger partial charge in [0.1, 0.15) is 5.75 Å². The van der Waals surface area contributed by atoms with E-state index in [0.717, 1.165) is 6.07 Å². The minimum Gasteiger partial charge on any atom is -0.484 e. The Morgan fingerprint density at radius 1 is 1.16 bits per heavy atom. The van der Waals surface area contributed by atoms with E-state index in [0.29, 0.717) is 5.56 Å². The van der Waals surface area contributed by atoms with Crippen molar-refractivity contribution in [1.29, 1.82) is 0 Å². The highest BCUT2D eigenvalue weighted by Gasteiger charge is 2.14. The number of benzene rings is 2. The average molecular weight is 366 g/mol. The number of rotatable bonds is 6. The SMILES string of the molecule is Cc1cc(OCC(=O)Nc2cc([N+](=O)[O-])ccc2Cl)ccc1[N+](=O)[O-]. The van der Waals surface area contributed by atoms with Gasteiger partial charge in [0, 0.05) is 23.8 Å². The van der Waals surface area contributed by atoms with Crippen LogP contribution in [0.1, 0.15) is 5.56 Å². The molecule has 0 fully saturated rings. The van der Waals surface area contributed by atoms with Gasteiger partial charge < -0.3 is 10.1 Å². The summed E-state index contributed by atoms with van der Waals surface area (Å²) < 4.78 is 5.26. The maximum Gasteiger partial charge on any atom is 0.272 e. The van der Waals surface area contributed by atoms with Crippen LogP contribution in [0.15, 0.2) is 36.4 Å². The molecule has 0 radical (unpaired) electrons. The smallest absolute Gasteiger partial charge is 0.272 e. The van der Waals surface area contributed by atoms with Gasteiger partial charge in [-0.05, 0) is 25.1 Å². The van der Waals surface area contributed by atoms with Crippen LogP contribution >= 0.6 is 11.6 Å². The molecule has 2 aromatic rings. The lowest BCUT2D eigenvalue weighted by Crippen LogP contribution is -2.20.